The fourth-order valence-electron chi connectivity index (χ4n) is 2.37. The molecule has 0 spiro atoms. The second-order valence-corrected chi connectivity index (χ2v) is 5.58. The normalized spacial score (nSPS) is 22.5. The molecule has 4 heteroatoms. The average molecular weight is 288 g/mol. The van der Waals surface area contributed by atoms with Gasteiger partial charge in [0.2, 0.25) is 0 Å². The summed E-state index contributed by atoms with van der Waals surface area (Å²) in [6.07, 6.45) is 11.0. The first-order chi connectivity index (χ1) is 9.86. The molecule has 0 aromatic rings. The van der Waals surface area contributed by atoms with Crippen LogP contribution in [0, 0.1) is 0 Å². The van der Waals surface area contributed by atoms with Crippen LogP contribution in [0.4, 0.5) is 0 Å². The lowest BCUT2D eigenvalue weighted by atomic mass is 10.1. The molecule has 0 aliphatic carbocycles. The number of rotatable bonds is 13. The monoisotopic (exact) mass is 288 g/mol. The molecule has 120 valence electrons. The number of hydrogen-bond donors (Lipinski definition) is 1. The molecular weight excluding hydrogens is 256 g/mol. The summed E-state index contributed by atoms with van der Waals surface area (Å²) >= 11 is 0. The van der Waals surface area contributed by atoms with E-state index < -0.39 is 0 Å². The molecule has 0 unspecified atom stereocenters. The highest BCUT2D eigenvalue weighted by molar-refractivity contribution is 4.63. The fourth-order valence-corrected chi connectivity index (χ4v) is 2.37. The largest absolute Gasteiger partial charge is 0.394 e. The predicted molar refractivity (Wildman–Crippen MR) is 79.7 cm³/mol. The quantitative estimate of drug-likeness (QED) is 0.528. The van der Waals surface area contributed by atoms with Crippen LogP contribution in [-0.4, -0.2) is 43.9 Å². The maximum absolute atomic E-state index is 8.91. The minimum Gasteiger partial charge on any atom is -0.394 e. The van der Waals surface area contributed by atoms with Crippen LogP contribution in [0.15, 0.2) is 0 Å². The summed E-state index contributed by atoms with van der Waals surface area (Å²) in [6, 6.07) is 0. The summed E-state index contributed by atoms with van der Waals surface area (Å²) in [5, 5.41) is 8.91. The number of hydrogen-bond acceptors (Lipinski definition) is 4. The highest BCUT2D eigenvalue weighted by atomic mass is 16.7. The van der Waals surface area contributed by atoms with E-state index in [9.17, 15) is 0 Å². The zero-order chi connectivity index (χ0) is 14.5. The van der Waals surface area contributed by atoms with E-state index in [1.54, 1.807) is 0 Å². The Balaban J connectivity index is 1.75. The van der Waals surface area contributed by atoms with E-state index in [4.69, 9.17) is 19.3 Å². The molecule has 1 aliphatic heterocycles. The van der Waals surface area contributed by atoms with Crippen LogP contribution in [0.1, 0.15) is 64.7 Å². The van der Waals surface area contributed by atoms with Crippen LogP contribution >= 0.6 is 0 Å². The molecule has 0 amide bonds. The van der Waals surface area contributed by atoms with Crippen molar-refractivity contribution in [3.8, 4) is 0 Å². The molecule has 0 radical (unpaired) electrons. The van der Waals surface area contributed by atoms with Crippen molar-refractivity contribution in [2.24, 2.45) is 0 Å². The molecule has 4 nitrogen and oxygen atoms in total. The minimum atomic E-state index is -0.189. The lowest BCUT2D eigenvalue weighted by molar-refractivity contribution is -0.0810. The molecule has 0 aromatic carbocycles. The molecule has 0 aromatic heterocycles. The summed E-state index contributed by atoms with van der Waals surface area (Å²) in [6.45, 7) is 4.31. The van der Waals surface area contributed by atoms with Gasteiger partial charge in [-0.05, 0) is 6.42 Å². The molecule has 2 atom stereocenters. The summed E-state index contributed by atoms with van der Waals surface area (Å²) in [5.41, 5.74) is 0. The van der Waals surface area contributed by atoms with E-state index in [2.05, 4.69) is 6.92 Å². The Hall–Kier alpha value is -0.160. The van der Waals surface area contributed by atoms with Gasteiger partial charge in [-0.15, -0.1) is 0 Å². The van der Waals surface area contributed by atoms with Crippen LogP contribution in [0.2, 0.25) is 0 Å². The summed E-state index contributed by atoms with van der Waals surface area (Å²) in [7, 11) is 0. The molecule has 1 fully saturated rings. The maximum Gasteiger partial charge on any atom is 0.160 e. The Morgan fingerprint density at radius 2 is 1.70 bits per heavy atom. The maximum atomic E-state index is 8.91. The van der Waals surface area contributed by atoms with Crippen molar-refractivity contribution in [2.45, 2.75) is 77.1 Å². The van der Waals surface area contributed by atoms with Gasteiger partial charge in [0.1, 0.15) is 6.10 Å². The Kier molecular flexibility index (Phi) is 11.2. The standard InChI is InChI=1S/C16H32O4/c1-2-3-4-5-6-7-8-9-11-18-12-10-16-19-14-15(13-17)20-16/h15-17H,2-14H2,1H3/t15-,16+/m1/s1. The summed E-state index contributed by atoms with van der Waals surface area (Å²) in [4.78, 5) is 0. The van der Waals surface area contributed by atoms with Crippen LogP contribution in [0.3, 0.4) is 0 Å². The molecule has 20 heavy (non-hydrogen) atoms. The van der Waals surface area contributed by atoms with E-state index in [1.807, 2.05) is 0 Å². The third-order valence-corrected chi connectivity index (χ3v) is 3.66. The van der Waals surface area contributed by atoms with Gasteiger partial charge in [0.05, 0.1) is 19.8 Å². The Labute approximate surface area is 123 Å². The third-order valence-electron chi connectivity index (χ3n) is 3.66. The van der Waals surface area contributed by atoms with Gasteiger partial charge >= 0.3 is 0 Å². The second kappa shape index (κ2) is 12.6. The molecule has 1 heterocycles. The average Bonchev–Trinajstić information content (AvgIpc) is 2.93. The van der Waals surface area contributed by atoms with Crippen LogP contribution in [0.25, 0.3) is 0 Å². The smallest absolute Gasteiger partial charge is 0.160 e. The van der Waals surface area contributed by atoms with Crippen molar-refractivity contribution in [2.75, 3.05) is 26.4 Å². The predicted octanol–water partition coefficient (Wildman–Crippen LogP) is 3.27. The molecule has 1 aliphatic rings. The highest BCUT2D eigenvalue weighted by Crippen LogP contribution is 2.14. The van der Waals surface area contributed by atoms with Crippen molar-refractivity contribution in [3.63, 3.8) is 0 Å². The summed E-state index contributed by atoms with van der Waals surface area (Å²) < 4.78 is 16.4. The van der Waals surface area contributed by atoms with Crippen LogP contribution < -0.4 is 0 Å². The van der Waals surface area contributed by atoms with Gasteiger partial charge in [0.15, 0.2) is 6.29 Å². The van der Waals surface area contributed by atoms with E-state index in [-0.39, 0.29) is 19.0 Å². The van der Waals surface area contributed by atoms with Crippen molar-refractivity contribution in [1.82, 2.24) is 0 Å². The van der Waals surface area contributed by atoms with Crippen molar-refractivity contribution >= 4 is 0 Å². The lowest BCUT2D eigenvalue weighted by Crippen LogP contribution is -2.17. The van der Waals surface area contributed by atoms with Crippen molar-refractivity contribution in [3.05, 3.63) is 0 Å². The highest BCUT2D eigenvalue weighted by Gasteiger charge is 2.24. The van der Waals surface area contributed by atoms with Gasteiger partial charge < -0.3 is 19.3 Å². The number of unbranched alkanes of at least 4 members (excludes halogenated alkanes) is 7. The molecule has 0 saturated carbocycles. The van der Waals surface area contributed by atoms with Gasteiger partial charge in [0, 0.05) is 13.0 Å². The number of aliphatic hydroxyl groups excluding tert-OH is 1. The lowest BCUT2D eigenvalue weighted by Gasteiger charge is -2.10. The molecule has 1 N–H and O–H groups in total. The van der Waals surface area contributed by atoms with Gasteiger partial charge in [-0.25, -0.2) is 0 Å². The van der Waals surface area contributed by atoms with Crippen LogP contribution in [-0.2, 0) is 14.2 Å². The minimum absolute atomic E-state index is 0.0373. The fraction of sp³-hybridized carbons (Fsp3) is 1.00. The summed E-state index contributed by atoms with van der Waals surface area (Å²) in [5.74, 6) is 0. The van der Waals surface area contributed by atoms with Crippen molar-refractivity contribution < 1.29 is 19.3 Å². The molecular formula is C16H32O4. The zero-order valence-electron chi connectivity index (χ0n) is 13.0. The van der Waals surface area contributed by atoms with E-state index >= 15 is 0 Å². The van der Waals surface area contributed by atoms with E-state index in [0.717, 1.165) is 19.4 Å². The topological polar surface area (TPSA) is 47.9 Å². The number of aliphatic hydroxyl groups is 1. The molecule has 1 saturated heterocycles. The van der Waals surface area contributed by atoms with Gasteiger partial charge in [-0.3, -0.25) is 0 Å². The molecule has 1 rings (SSSR count). The van der Waals surface area contributed by atoms with E-state index in [1.165, 1.54) is 44.9 Å². The van der Waals surface area contributed by atoms with Crippen molar-refractivity contribution in [1.29, 1.82) is 0 Å². The SMILES string of the molecule is CCCCCCCCCCOCC[C@H]1OC[C@@H](CO)O1. The first kappa shape index (κ1) is 17.9. The zero-order valence-corrected chi connectivity index (χ0v) is 13.0. The van der Waals surface area contributed by atoms with Gasteiger partial charge in [-0.1, -0.05) is 51.9 Å². The Morgan fingerprint density at radius 1 is 1.00 bits per heavy atom. The van der Waals surface area contributed by atoms with Crippen LogP contribution in [0.5, 0.6) is 0 Å². The number of ether oxygens (including phenoxy) is 3. The van der Waals surface area contributed by atoms with Gasteiger partial charge in [-0.2, -0.15) is 0 Å². The Morgan fingerprint density at radius 3 is 2.35 bits per heavy atom. The second-order valence-electron chi connectivity index (χ2n) is 5.58. The first-order valence-electron chi connectivity index (χ1n) is 8.32. The van der Waals surface area contributed by atoms with E-state index in [0.29, 0.717) is 13.2 Å². The Bertz CT molecular complexity index is 211. The van der Waals surface area contributed by atoms with Gasteiger partial charge in [0.25, 0.3) is 0 Å². The molecule has 0 bridgehead atoms. The third kappa shape index (κ3) is 8.90. The first-order valence-corrected chi connectivity index (χ1v) is 8.32.